The van der Waals surface area contributed by atoms with Crippen molar-refractivity contribution in [2.24, 2.45) is 5.92 Å². The molecular weight excluding hydrogens is 390 g/mol. The summed E-state index contributed by atoms with van der Waals surface area (Å²) in [7, 11) is 0. The van der Waals surface area contributed by atoms with Crippen molar-refractivity contribution in [1.29, 1.82) is 0 Å². The van der Waals surface area contributed by atoms with E-state index in [1.165, 1.54) is 12.7 Å². The molecule has 0 radical (unpaired) electrons. The lowest BCUT2D eigenvalue weighted by Gasteiger charge is -2.21. The molecule has 1 fully saturated rings. The van der Waals surface area contributed by atoms with Gasteiger partial charge in [0, 0.05) is 11.5 Å². The molecule has 1 aliphatic heterocycles. The quantitative estimate of drug-likeness (QED) is 0.613. The number of fused-ring (bicyclic) bond motifs is 1. The van der Waals surface area contributed by atoms with E-state index in [9.17, 15) is 9.59 Å². The molecule has 3 aromatic rings. The molecule has 2 N–H and O–H groups in total. The van der Waals surface area contributed by atoms with Crippen molar-refractivity contribution in [1.82, 2.24) is 19.5 Å². The highest BCUT2D eigenvalue weighted by Crippen LogP contribution is 2.38. The monoisotopic (exact) mass is 411 g/mol. The molecule has 1 amide bonds. The van der Waals surface area contributed by atoms with E-state index in [2.05, 4.69) is 20.3 Å². The van der Waals surface area contributed by atoms with Crippen LogP contribution in [0, 0.1) is 5.92 Å². The van der Waals surface area contributed by atoms with E-state index < -0.39 is 18.5 Å². The highest BCUT2D eigenvalue weighted by Gasteiger charge is 2.45. The molecule has 1 saturated heterocycles. The van der Waals surface area contributed by atoms with Gasteiger partial charge in [-0.3, -0.25) is 9.36 Å². The van der Waals surface area contributed by atoms with Crippen molar-refractivity contribution in [3.8, 4) is 0 Å². The normalized spacial score (nSPS) is 23.4. The molecule has 4 atom stereocenters. The fourth-order valence-electron chi connectivity index (χ4n) is 3.72. The van der Waals surface area contributed by atoms with Crippen LogP contribution in [0.2, 0.25) is 0 Å². The van der Waals surface area contributed by atoms with Gasteiger partial charge in [-0.1, -0.05) is 32.0 Å². The van der Waals surface area contributed by atoms with Gasteiger partial charge in [-0.05, 0) is 18.6 Å². The van der Waals surface area contributed by atoms with Crippen LogP contribution in [0.5, 0.6) is 0 Å². The molecule has 30 heavy (non-hydrogen) atoms. The Hall–Kier alpha value is -3.53. The van der Waals surface area contributed by atoms with Crippen molar-refractivity contribution in [3.05, 3.63) is 48.5 Å². The molecule has 0 aliphatic carbocycles. The summed E-state index contributed by atoms with van der Waals surface area (Å²) in [6.45, 7) is 3.86. The van der Waals surface area contributed by atoms with Gasteiger partial charge in [0.05, 0.1) is 12.4 Å². The molecule has 2 aromatic heterocycles. The van der Waals surface area contributed by atoms with Crippen LogP contribution in [0.25, 0.3) is 11.2 Å². The Labute approximate surface area is 171 Å². The van der Waals surface area contributed by atoms with Gasteiger partial charge < -0.3 is 19.9 Å². The van der Waals surface area contributed by atoms with E-state index >= 15 is 0 Å². The van der Waals surface area contributed by atoms with Gasteiger partial charge in [0.25, 0.3) is 5.91 Å². The first-order valence-corrected chi connectivity index (χ1v) is 9.58. The zero-order valence-corrected chi connectivity index (χ0v) is 16.4. The van der Waals surface area contributed by atoms with E-state index in [0.29, 0.717) is 23.1 Å². The van der Waals surface area contributed by atoms with Gasteiger partial charge >= 0.3 is 6.16 Å². The Morgan fingerprint density at radius 1 is 1.23 bits per heavy atom. The molecule has 1 aromatic carbocycles. The summed E-state index contributed by atoms with van der Waals surface area (Å²) in [4.78, 5) is 36.5. The fourth-order valence-corrected chi connectivity index (χ4v) is 3.72. The molecule has 10 nitrogen and oxygen atoms in total. The number of rotatable bonds is 5. The third-order valence-corrected chi connectivity index (χ3v) is 5.24. The molecule has 10 heteroatoms. The van der Waals surface area contributed by atoms with Crippen LogP contribution in [0.15, 0.2) is 43.0 Å². The average Bonchev–Trinajstić information content (AvgIpc) is 3.30. The van der Waals surface area contributed by atoms with Gasteiger partial charge in [-0.15, -0.1) is 0 Å². The zero-order chi connectivity index (χ0) is 21.3. The second-order valence-corrected chi connectivity index (χ2v) is 7.05. The van der Waals surface area contributed by atoms with Crippen LogP contribution in [-0.2, 0) is 9.47 Å². The Balaban J connectivity index is 1.67. The van der Waals surface area contributed by atoms with E-state index in [-0.39, 0.29) is 23.7 Å². The smallest absolute Gasteiger partial charge is 0.450 e. The van der Waals surface area contributed by atoms with Crippen LogP contribution in [0.1, 0.15) is 36.9 Å². The van der Waals surface area contributed by atoms with E-state index in [1.54, 1.807) is 28.8 Å². The molecule has 4 rings (SSSR count). The fraction of sp³-hybridized carbons (Fsp3) is 0.350. The van der Waals surface area contributed by atoms with Crippen molar-refractivity contribution < 1.29 is 24.2 Å². The van der Waals surface area contributed by atoms with Crippen LogP contribution in [0.3, 0.4) is 0 Å². The first-order valence-electron chi connectivity index (χ1n) is 9.58. The van der Waals surface area contributed by atoms with Crippen molar-refractivity contribution in [2.45, 2.75) is 38.7 Å². The number of carboxylic acid groups (broad SMARTS) is 1. The maximum absolute atomic E-state index is 12.5. The first kappa shape index (κ1) is 19.8. The zero-order valence-electron chi connectivity index (χ0n) is 16.4. The number of hydrogen-bond donors (Lipinski definition) is 2. The number of benzene rings is 1. The predicted molar refractivity (Wildman–Crippen MR) is 106 cm³/mol. The molecule has 0 bridgehead atoms. The number of carbonyl (C=O) groups excluding carboxylic acids is 1. The Morgan fingerprint density at radius 3 is 2.70 bits per heavy atom. The number of imidazole rings is 1. The summed E-state index contributed by atoms with van der Waals surface area (Å²) in [5.74, 6) is -0.219. The Kier molecular flexibility index (Phi) is 5.32. The lowest BCUT2D eigenvalue weighted by atomic mass is 9.98. The molecule has 1 aliphatic rings. The van der Waals surface area contributed by atoms with Crippen LogP contribution in [0.4, 0.5) is 10.6 Å². The first-order chi connectivity index (χ1) is 14.5. The summed E-state index contributed by atoms with van der Waals surface area (Å²) >= 11 is 0. The Bertz CT molecular complexity index is 1070. The average molecular weight is 411 g/mol. The predicted octanol–water partition coefficient (Wildman–Crippen LogP) is 3.09. The van der Waals surface area contributed by atoms with Crippen molar-refractivity contribution in [3.63, 3.8) is 0 Å². The van der Waals surface area contributed by atoms with E-state index in [0.717, 1.165) is 0 Å². The number of nitrogens with one attached hydrogen (secondary N) is 1. The minimum absolute atomic E-state index is 0.146. The van der Waals surface area contributed by atoms with Crippen molar-refractivity contribution in [2.75, 3.05) is 5.32 Å². The largest absolute Gasteiger partial charge is 0.506 e. The summed E-state index contributed by atoms with van der Waals surface area (Å²) < 4.78 is 12.8. The molecular formula is C20H21N5O5. The highest BCUT2D eigenvalue weighted by molar-refractivity contribution is 6.06. The maximum Gasteiger partial charge on any atom is 0.506 e. The SMILES string of the molecule is CC[C@H]1O[C@@H](n2cnc3c(NC(=O)c4ccccc4)ncnc32)[C@H](OC(=O)O)[C@@H]1C. The molecule has 3 heterocycles. The lowest BCUT2D eigenvalue weighted by molar-refractivity contribution is -0.0490. The number of ether oxygens (including phenoxy) is 2. The number of amides is 1. The number of hydrogen-bond acceptors (Lipinski definition) is 7. The molecule has 156 valence electrons. The van der Waals surface area contributed by atoms with Crippen molar-refractivity contribution >= 4 is 29.0 Å². The molecule has 0 saturated carbocycles. The van der Waals surface area contributed by atoms with Crippen LogP contribution >= 0.6 is 0 Å². The second kappa shape index (κ2) is 8.07. The van der Waals surface area contributed by atoms with E-state index in [1.807, 2.05) is 19.9 Å². The number of aromatic nitrogens is 4. The van der Waals surface area contributed by atoms with Gasteiger partial charge in [0.2, 0.25) is 0 Å². The van der Waals surface area contributed by atoms with Gasteiger partial charge in [-0.25, -0.2) is 19.7 Å². The van der Waals surface area contributed by atoms with Crippen LogP contribution in [-0.4, -0.2) is 48.9 Å². The number of carbonyl (C=O) groups is 2. The summed E-state index contributed by atoms with van der Waals surface area (Å²) in [6, 6.07) is 8.75. The molecule has 0 spiro atoms. The maximum atomic E-state index is 12.5. The third-order valence-electron chi connectivity index (χ3n) is 5.24. The topological polar surface area (TPSA) is 128 Å². The summed E-state index contributed by atoms with van der Waals surface area (Å²) in [5.41, 5.74) is 1.26. The number of anilines is 1. The highest BCUT2D eigenvalue weighted by atomic mass is 16.7. The lowest BCUT2D eigenvalue weighted by Crippen LogP contribution is -2.29. The number of nitrogens with zero attached hydrogens (tertiary/aromatic N) is 4. The third kappa shape index (κ3) is 3.57. The van der Waals surface area contributed by atoms with Gasteiger partial charge in [0.15, 0.2) is 29.3 Å². The summed E-state index contributed by atoms with van der Waals surface area (Å²) in [6.07, 6.45) is 0.523. The Morgan fingerprint density at radius 2 is 2.00 bits per heavy atom. The van der Waals surface area contributed by atoms with Crippen LogP contribution < -0.4 is 5.32 Å². The molecule has 0 unspecified atom stereocenters. The van der Waals surface area contributed by atoms with Gasteiger partial charge in [0.1, 0.15) is 6.33 Å². The summed E-state index contributed by atoms with van der Waals surface area (Å²) in [5, 5.41) is 11.9. The van der Waals surface area contributed by atoms with E-state index in [4.69, 9.17) is 14.6 Å². The second-order valence-electron chi connectivity index (χ2n) is 7.05. The minimum Gasteiger partial charge on any atom is -0.450 e. The standard InChI is InChI=1S/C20H21N5O5/c1-3-13-11(2)15(30-20(27)28)19(29-13)25-10-23-14-16(21-9-22-17(14)25)24-18(26)12-7-5-4-6-8-12/h4-11,13,15,19H,3H2,1-2H3,(H,27,28)(H,21,22,24,26)/t11-,13-,15-,19-/m1/s1. The van der Waals surface area contributed by atoms with Gasteiger partial charge in [-0.2, -0.15) is 0 Å². The minimum atomic E-state index is -1.37.